The predicted octanol–water partition coefficient (Wildman–Crippen LogP) is 4.79. The smallest absolute Gasteiger partial charge is 0.249 e. The Bertz CT molecular complexity index is 416. The minimum absolute atomic E-state index is 0.109. The molecular weight excluding hydrogens is 283 g/mol. The van der Waals surface area contributed by atoms with E-state index in [4.69, 9.17) is 4.74 Å². The van der Waals surface area contributed by atoms with Crippen molar-refractivity contribution in [1.82, 2.24) is 14.2 Å². The molecule has 0 bridgehead atoms. The molecule has 21 heavy (non-hydrogen) atoms. The average Bonchev–Trinajstić information content (AvgIpc) is 2.67. The van der Waals surface area contributed by atoms with Gasteiger partial charge in [0.25, 0.3) is 7.51 Å². The molecule has 0 aromatic rings. The lowest BCUT2D eigenvalue weighted by Crippen LogP contribution is -2.46. The quantitative estimate of drug-likeness (QED) is 0.685. The van der Waals surface area contributed by atoms with E-state index in [0.717, 1.165) is 13.1 Å². The molecule has 1 atom stereocenters. The van der Waals surface area contributed by atoms with Crippen molar-refractivity contribution in [1.29, 1.82) is 0 Å². The maximum Gasteiger partial charge on any atom is 0.253 e. The van der Waals surface area contributed by atoms with E-state index in [1.807, 2.05) is 0 Å². The highest BCUT2D eigenvalue weighted by Crippen LogP contribution is 2.66. The van der Waals surface area contributed by atoms with Gasteiger partial charge in [0.15, 0.2) is 0 Å². The second-order valence-corrected chi connectivity index (χ2v) is 9.55. The van der Waals surface area contributed by atoms with Gasteiger partial charge in [-0.3, -0.25) is 0 Å². The van der Waals surface area contributed by atoms with Crippen LogP contribution in [0.2, 0.25) is 0 Å². The standard InChI is InChI=1S/C14H33N6P/c1-10-15-21(19(12(3)4)13(5)6)18(11-2)16-17-20(21)14(7,8)9/h12-13H,10-11H2,1-9H3. The van der Waals surface area contributed by atoms with Gasteiger partial charge in [0.05, 0.1) is 5.54 Å². The molecule has 0 fully saturated rings. The lowest BCUT2D eigenvalue weighted by Gasteiger charge is -2.48. The van der Waals surface area contributed by atoms with Crippen molar-refractivity contribution < 1.29 is 0 Å². The van der Waals surface area contributed by atoms with Crippen LogP contribution >= 0.6 is 7.51 Å². The molecule has 0 N–H and O–H groups in total. The second kappa shape index (κ2) is 6.66. The maximum absolute atomic E-state index is 5.10. The molecule has 6 nitrogen and oxygen atoms in total. The van der Waals surface area contributed by atoms with E-state index in [9.17, 15) is 0 Å². The van der Waals surface area contributed by atoms with E-state index in [-0.39, 0.29) is 5.54 Å². The van der Waals surface area contributed by atoms with Gasteiger partial charge in [0, 0.05) is 25.2 Å². The molecule has 1 aliphatic heterocycles. The topological polar surface area (TPSA) is 46.8 Å². The minimum Gasteiger partial charge on any atom is -0.249 e. The summed E-state index contributed by atoms with van der Waals surface area (Å²) >= 11 is 0. The van der Waals surface area contributed by atoms with Gasteiger partial charge in [-0.2, -0.15) is 0 Å². The number of rotatable bonds is 5. The summed E-state index contributed by atoms with van der Waals surface area (Å²) in [6, 6.07) is 0.770. The third-order valence-electron chi connectivity index (χ3n) is 3.37. The van der Waals surface area contributed by atoms with Gasteiger partial charge in [-0.05, 0) is 72.8 Å². The Morgan fingerprint density at radius 1 is 1.05 bits per heavy atom. The van der Waals surface area contributed by atoms with E-state index in [0.29, 0.717) is 12.1 Å². The fourth-order valence-electron chi connectivity index (χ4n) is 2.91. The normalized spacial score (nSPS) is 23.0. The first kappa shape index (κ1) is 18.4. The Morgan fingerprint density at radius 2 is 1.57 bits per heavy atom. The fraction of sp³-hybridized carbons (Fsp3) is 1.00. The van der Waals surface area contributed by atoms with Crippen LogP contribution in [-0.2, 0) is 0 Å². The van der Waals surface area contributed by atoms with Crippen LogP contribution in [0.1, 0.15) is 62.3 Å². The monoisotopic (exact) mass is 316 g/mol. The third kappa shape index (κ3) is 3.26. The zero-order chi connectivity index (χ0) is 16.4. The largest absolute Gasteiger partial charge is 0.253 e. The molecule has 0 saturated heterocycles. The van der Waals surface area contributed by atoms with Crippen LogP contribution in [0, 0.1) is 0 Å². The van der Waals surface area contributed by atoms with Crippen LogP contribution in [0.3, 0.4) is 0 Å². The first-order valence-electron chi connectivity index (χ1n) is 8.00. The lowest BCUT2D eigenvalue weighted by atomic mass is 10.1. The van der Waals surface area contributed by atoms with Crippen molar-refractivity contribution in [3.63, 3.8) is 0 Å². The molecule has 0 aliphatic carbocycles. The summed E-state index contributed by atoms with van der Waals surface area (Å²) in [6.45, 7) is 21.3. The summed E-state index contributed by atoms with van der Waals surface area (Å²) in [5, 5.41) is 8.97. The third-order valence-corrected chi connectivity index (χ3v) is 7.75. The Kier molecular flexibility index (Phi) is 5.84. The van der Waals surface area contributed by atoms with Gasteiger partial charge in [-0.15, -0.1) is 0 Å². The zero-order valence-electron chi connectivity index (χ0n) is 15.2. The molecule has 0 radical (unpaired) electrons. The maximum atomic E-state index is 5.10. The Hall–Kier alpha value is -0.610. The highest BCUT2D eigenvalue weighted by molar-refractivity contribution is 7.59. The summed E-state index contributed by atoms with van der Waals surface area (Å²) in [4.78, 5) is 0. The van der Waals surface area contributed by atoms with Crippen molar-refractivity contribution >= 4 is 7.51 Å². The molecule has 1 unspecified atom stereocenters. The molecule has 1 rings (SSSR count). The molecule has 1 aliphatic rings. The molecule has 0 aromatic heterocycles. The van der Waals surface area contributed by atoms with E-state index >= 15 is 0 Å². The Labute approximate surface area is 130 Å². The first-order chi connectivity index (χ1) is 9.62. The number of nitrogens with zero attached hydrogens (tertiary/aromatic N) is 6. The molecule has 0 aromatic carbocycles. The minimum atomic E-state index is -2.12. The highest BCUT2D eigenvalue weighted by atomic mass is 31.2. The lowest BCUT2D eigenvalue weighted by molar-refractivity contribution is 0.221. The van der Waals surface area contributed by atoms with Crippen LogP contribution in [0.25, 0.3) is 0 Å². The van der Waals surface area contributed by atoms with Crippen molar-refractivity contribution in [2.75, 3.05) is 13.1 Å². The molecule has 7 heteroatoms. The van der Waals surface area contributed by atoms with Crippen LogP contribution < -0.4 is 0 Å². The summed E-state index contributed by atoms with van der Waals surface area (Å²) in [6.07, 6.45) is 0. The molecule has 1 heterocycles. The van der Waals surface area contributed by atoms with Gasteiger partial charge in [0.1, 0.15) is 0 Å². The van der Waals surface area contributed by atoms with E-state index in [2.05, 4.69) is 87.0 Å². The summed E-state index contributed by atoms with van der Waals surface area (Å²) in [7, 11) is -2.12. The van der Waals surface area contributed by atoms with Gasteiger partial charge in [-0.1, -0.05) is 0 Å². The summed E-state index contributed by atoms with van der Waals surface area (Å²) in [5.41, 5.74) is -0.109. The van der Waals surface area contributed by atoms with Gasteiger partial charge < -0.3 is 0 Å². The van der Waals surface area contributed by atoms with Crippen molar-refractivity contribution in [2.24, 2.45) is 15.2 Å². The highest BCUT2D eigenvalue weighted by Gasteiger charge is 2.49. The van der Waals surface area contributed by atoms with Crippen molar-refractivity contribution in [3.05, 3.63) is 0 Å². The summed E-state index contributed by atoms with van der Waals surface area (Å²) < 4.78 is 11.9. The van der Waals surface area contributed by atoms with Crippen LogP contribution in [0.4, 0.5) is 0 Å². The van der Waals surface area contributed by atoms with Crippen LogP contribution in [0.15, 0.2) is 15.2 Å². The van der Waals surface area contributed by atoms with Crippen LogP contribution in [0.5, 0.6) is 0 Å². The van der Waals surface area contributed by atoms with Gasteiger partial charge in [-0.25, -0.2) is 19.0 Å². The molecule has 0 amide bonds. The van der Waals surface area contributed by atoms with E-state index in [1.54, 1.807) is 0 Å². The molecular formula is C14H33N6P. The predicted molar refractivity (Wildman–Crippen MR) is 90.8 cm³/mol. The average molecular weight is 316 g/mol. The Morgan fingerprint density at radius 3 is 1.90 bits per heavy atom. The summed E-state index contributed by atoms with van der Waals surface area (Å²) in [5.74, 6) is 0. The number of hydrogen-bond donors (Lipinski definition) is 0. The second-order valence-electron chi connectivity index (χ2n) is 6.89. The fourth-order valence-corrected chi connectivity index (χ4v) is 7.04. The first-order valence-corrected chi connectivity index (χ1v) is 9.60. The van der Waals surface area contributed by atoms with E-state index in [1.165, 1.54) is 0 Å². The SMILES string of the molecule is CCN=P1(N(C(C)C)C(C)C)N(CC)N=NN1C(C)(C)C. The molecule has 0 saturated carbocycles. The van der Waals surface area contributed by atoms with Crippen LogP contribution in [-0.4, -0.2) is 44.9 Å². The molecule has 124 valence electrons. The van der Waals surface area contributed by atoms with Gasteiger partial charge in [0.2, 0.25) is 0 Å². The van der Waals surface area contributed by atoms with Gasteiger partial charge >= 0.3 is 0 Å². The van der Waals surface area contributed by atoms with E-state index < -0.39 is 7.51 Å². The van der Waals surface area contributed by atoms with Crippen molar-refractivity contribution in [2.45, 2.75) is 79.9 Å². The molecule has 0 spiro atoms. The zero-order valence-corrected chi connectivity index (χ0v) is 16.1. The number of hydrogen-bond acceptors (Lipinski definition) is 3. The Balaban J connectivity index is 3.57. The van der Waals surface area contributed by atoms with Crippen molar-refractivity contribution in [3.8, 4) is 0 Å².